The Morgan fingerprint density at radius 2 is 1.15 bits per heavy atom. The Bertz CT molecular complexity index is 1090. The molecule has 0 saturated carbocycles. The van der Waals surface area contributed by atoms with E-state index in [9.17, 15) is 10.2 Å². The molecule has 0 unspecified atom stereocenters. The van der Waals surface area contributed by atoms with E-state index in [0.717, 1.165) is 0 Å². The second-order valence-corrected chi connectivity index (χ2v) is 5.46. The third-order valence-electron chi connectivity index (χ3n) is 3.81. The number of H-pyrrole nitrogens is 2. The van der Waals surface area contributed by atoms with Crippen molar-refractivity contribution >= 4 is 39.1 Å². The van der Waals surface area contributed by atoms with Crippen molar-refractivity contribution in [3.05, 3.63) is 48.5 Å². The van der Waals surface area contributed by atoms with Crippen molar-refractivity contribution in [3.63, 3.8) is 0 Å². The molecule has 26 heavy (non-hydrogen) atoms. The molecule has 5 N–H and O–H groups in total. The molecule has 0 radical (unpaired) electrons. The van der Waals surface area contributed by atoms with Crippen LogP contribution in [0.5, 0.6) is 11.8 Å². The van der Waals surface area contributed by atoms with E-state index < -0.39 is 5.96 Å². The highest BCUT2D eigenvalue weighted by molar-refractivity contribution is 5.95. The normalized spacial score (nSPS) is 12.0. The molecule has 0 aliphatic rings. The predicted molar refractivity (Wildman–Crippen MR) is 96.7 cm³/mol. The van der Waals surface area contributed by atoms with Gasteiger partial charge in [0.15, 0.2) is 11.4 Å². The van der Waals surface area contributed by atoms with E-state index in [4.69, 9.17) is 5.41 Å². The van der Waals surface area contributed by atoms with E-state index in [-0.39, 0.29) is 23.1 Å². The molecule has 0 saturated heterocycles. The number of hydrogen-bond donors (Lipinski definition) is 5. The van der Waals surface area contributed by atoms with Gasteiger partial charge in [0.25, 0.3) is 5.96 Å². The van der Waals surface area contributed by atoms with Gasteiger partial charge in [-0.15, -0.1) is 20.5 Å². The summed E-state index contributed by atoms with van der Waals surface area (Å²) in [6, 6.07) is 14.4. The van der Waals surface area contributed by atoms with Gasteiger partial charge in [-0.3, -0.25) is 5.41 Å². The Morgan fingerprint density at radius 1 is 0.731 bits per heavy atom. The number of fused-ring (bicyclic) bond motifs is 2. The number of aromatic nitrogens is 2. The molecule has 9 heteroatoms. The van der Waals surface area contributed by atoms with Crippen molar-refractivity contribution in [3.8, 4) is 11.8 Å². The van der Waals surface area contributed by atoms with Gasteiger partial charge < -0.3 is 20.2 Å². The quantitative estimate of drug-likeness (QED) is 0.200. The lowest BCUT2D eigenvalue weighted by atomic mass is 10.2. The highest BCUT2D eigenvalue weighted by atomic mass is 16.3. The van der Waals surface area contributed by atoms with Crippen molar-refractivity contribution in [2.24, 2.45) is 20.5 Å². The minimum Gasteiger partial charge on any atom is -0.493 e. The van der Waals surface area contributed by atoms with Crippen LogP contribution in [0.2, 0.25) is 0 Å². The molecule has 0 bridgehead atoms. The van der Waals surface area contributed by atoms with Crippen LogP contribution in [0.15, 0.2) is 69.0 Å². The van der Waals surface area contributed by atoms with E-state index in [1.54, 1.807) is 36.4 Å². The molecule has 0 aliphatic heterocycles. The topological polar surface area (TPSA) is 145 Å². The number of nitrogens with zero attached hydrogens (tertiary/aromatic N) is 4. The summed E-state index contributed by atoms with van der Waals surface area (Å²) in [6.07, 6.45) is 0. The first kappa shape index (κ1) is 15.5. The zero-order valence-corrected chi connectivity index (χ0v) is 13.3. The Labute approximate surface area is 146 Å². The van der Waals surface area contributed by atoms with E-state index in [2.05, 4.69) is 30.4 Å². The first-order chi connectivity index (χ1) is 12.6. The summed E-state index contributed by atoms with van der Waals surface area (Å²) in [7, 11) is 0. The molecule has 9 nitrogen and oxygen atoms in total. The van der Waals surface area contributed by atoms with Crippen molar-refractivity contribution in [2.45, 2.75) is 0 Å². The zero-order chi connectivity index (χ0) is 18.1. The molecule has 0 amide bonds. The van der Waals surface area contributed by atoms with E-state index in [1.165, 1.54) is 0 Å². The van der Waals surface area contributed by atoms with Gasteiger partial charge in [0, 0.05) is 10.8 Å². The maximum atomic E-state index is 9.91. The molecular weight excluding hydrogens is 334 g/mol. The fourth-order valence-electron chi connectivity index (χ4n) is 2.64. The van der Waals surface area contributed by atoms with Gasteiger partial charge in [-0.25, -0.2) is 0 Å². The fraction of sp³-hybridized carbons (Fsp3) is 0. The number of azo groups is 2. The molecule has 2 aromatic heterocycles. The Balaban J connectivity index is 1.60. The number of aromatic amines is 2. The van der Waals surface area contributed by atoms with Gasteiger partial charge >= 0.3 is 0 Å². The van der Waals surface area contributed by atoms with E-state index in [1.807, 2.05) is 12.1 Å². The summed E-state index contributed by atoms with van der Waals surface area (Å²) in [4.78, 5) is 5.55. The maximum absolute atomic E-state index is 9.91. The Hall–Kier alpha value is -4.01. The molecule has 128 valence electrons. The number of hydrogen-bond acceptors (Lipinski definition) is 5. The van der Waals surface area contributed by atoms with Gasteiger partial charge in [-0.1, -0.05) is 36.4 Å². The monoisotopic (exact) mass is 347 g/mol. The van der Waals surface area contributed by atoms with Crippen LogP contribution in [-0.2, 0) is 0 Å². The van der Waals surface area contributed by atoms with Gasteiger partial charge in [0.05, 0.1) is 11.0 Å². The summed E-state index contributed by atoms with van der Waals surface area (Å²) in [6.45, 7) is 0. The van der Waals surface area contributed by atoms with Gasteiger partial charge in [-0.05, 0) is 12.1 Å². The molecule has 2 aromatic carbocycles. The summed E-state index contributed by atoms with van der Waals surface area (Å²) >= 11 is 0. The molecule has 0 fully saturated rings. The number of nitrogens with one attached hydrogen (secondary N) is 3. The third kappa shape index (κ3) is 2.67. The summed E-state index contributed by atoms with van der Waals surface area (Å²) in [5.74, 6) is -0.762. The minimum atomic E-state index is -0.473. The van der Waals surface area contributed by atoms with Crippen LogP contribution in [0.1, 0.15) is 0 Å². The first-order valence-corrected chi connectivity index (χ1v) is 7.65. The Morgan fingerprint density at radius 3 is 1.62 bits per heavy atom. The van der Waals surface area contributed by atoms with Crippen LogP contribution in [0.25, 0.3) is 21.8 Å². The summed E-state index contributed by atoms with van der Waals surface area (Å²) in [5.41, 5.74) is 1.85. The average molecular weight is 347 g/mol. The van der Waals surface area contributed by atoms with Crippen molar-refractivity contribution < 1.29 is 10.2 Å². The van der Waals surface area contributed by atoms with Gasteiger partial charge in [0.1, 0.15) is 0 Å². The van der Waals surface area contributed by atoms with Crippen LogP contribution in [0.4, 0.5) is 11.4 Å². The Kier molecular flexibility index (Phi) is 3.66. The van der Waals surface area contributed by atoms with Crippen LogP contribution in [0.3, 0.4) is 0 Å². The highest BCUT2D eigenvalue weighted by Crippen LogP contribution is 2.36. The smallest absolute Gasteiger partial charge is 0.280 e. The number of para-hydroxylation sites is 2. The second-order valence-electron chi connectivity index (χ2n) is 5.46. The van der Waals surface area contributed by atoms with Crippen LogP contribution >= 0.6 is 0 Å². The molecular formula is C17H13N7O2. The molecule has 0 spiro atoms. The fourth-order valence-corrected chi connectivity index (χ4v) is 2.64. The standard InChI is InChI=1S/C17H13N7O2/c18-17(23-21-13-9-5-1-3-7-11(9)19-15(13)25)24-22-14-10-6-2-4-8-12(10)20-16(14)26/h1-8,18-20,25-26H. The maximum Gasteiger partial charge on any atom is 0.280 e. The van der Waals surface area contributed by atoms with Gasteiger partial charge in [-0.2, -0.15) is 0 Å². The van der Waals surface area contributed by atoms with Crippen LogP contribution in [-0.4, -0.2) is 26.1 Å². The zero-order valence-electron chi connectivity index (χ0n) is 13.3. The number of guanidine groups is 1. The van der Waals surface area contributed by atoms with Crippen molar-refractivity contribution in [1.82, 2.24) is 9.97 Å². The summed E-state index contributed by atoms with van der Waals surface area (Å²) < 4.78 is 0. The average Bonchev–Trinajstić information content (AvgIpc) is 3.13. The minimum absolute atomic E-state index is 0.144. The molecule has 4 rings (SSSR count). The lowest BCUT2D eigenvalue weighted by Gasteiger charge is -1.92. The molecule has 2 heterocycles. The third-order valence-corrected chi connectivity index (χ3v) is 3.81. The largest absolute Gasteiger partial charge is 0.493 e. The second kappa shape index (κ2) is 6.13. The lowest BCUT2D eigenvalue weighted by Crippen LogP contribution is -1.81. The predicted octanol–water partition coefficient (Wildman–Crippen LogP) is 4.86. The SMILES string of the molecule is N=C(N=Nc1c(O)[nH]c2ccccc12)N=Nc1c(O)[nH]c2ccccc12. The van der Waals surface area contributed by atoms with Crippen molar-refractivity contribution in [1.29, 1.82) is 5.41 Å². The number of aromatic hydroxyl groups is 2. The molecule has 4 aromatic rings. The summed E-state index contributed by atoms with van der Waals surface area (Å²) in [5, 5.41) is 44.0. The van der Waals surface area contributed by atoms with Crippen LogP contribution in [0, 0.1) is 5.41 Å². The first-order valence-electron chi connectivity index (χ1n) is 7.65. The highest BCUT2D eigenvalue weighted by Gasteiger charge is 2.11. The van der Waals surface area contributed by atoms with E-state index in [0.29, 0.717) is 21.8 Å². The van der Waals surface area contributed by atoms with Crippen molar-refractivity contribution in [2.75, 3.05) is 0 Å². The molecule has 0 aliphatic carbocycles. The van der Waals surface area contributed by atoms with Crippen LogP contribution < -0.4 is 0 Å². The lowest BCUT2D eigenvalue weighted by molar-refractivity contribution is 0.459. The van der Waals surface area contributed by atoms with E-state index >= 15 is 0 Å². The number of benzene rings is 2. The number of rotatable bonds is 2. The van der Waals surface area contributed by atoms with Gasteiger partial charge in [0.2, 0.25) is 11.8 Å². The molecule has 0 atom stereocenters.